The standard InChI is InChI=1S/C12H12N2O2/c1-8-3-4-9(2)11(5-8)14-12(15)10-6-13-16-7-10/h3-7H,1-2H3,(H,14,15). The van der Waals surface area contributed by atoms with Gasteiger partial charge < -0.3 is 9.84 Å². The number of hydrogen-bond donors (Lipinski definition) is 1. The molecule has 1 aromatic carbocycles. The lowest BCUT2D eigenvalue weighted by atomic mass is 10.1. The van der Waals surface area contributed by atoms with Gasteiger partial charge in [0.05, 0.1) is 11.8 Å². The molecule has 0 atom stereocenters. The first kappa shape index (κ1) is 10.4. The van der Waals surface area contributed by atoms with Crippen LogP contribution >= 0.6 is 0 Å². The Labute approximate surface area is 93.3 Å². The van der Waals surface area contributed by atoms with E-state index >= 15 is 0 Å². The molecule has 1 aromatic heterocycles. The van der Waals surface area contributed by atoms with Crippen LogP contribution in [0.15, 0.2) is 35.2 Å². The van der Waals surface area contributed by atoms with Crippen molar-refractivity contribution in [3.05, 3.63) is 47.3 Å². The molecule has 0 aliphatic carbocycles. The van der Waals surface area contributed by atoms with E-state index in [0.717, 1.165) is 16.8 Å². The molecule has 82 valence electrons. The summed E-state index contributed by atoms with van der Waals surface area (Å²) in [6, 6.07) is 5.91. The second-order valence-electron chi connectivity index (χ2n) is 3.69. The summed E-state index contributed by atoms with van der Waals surface area (Å²) in [6.07, 6.45) is 2.71. The van der Waals surface area contributed by atoms with Gasteiger partial charge >= 0.3 is 0 Å². The highest BCUT2D eigenvalue weighted by molar-refractivity contribution is 6.04. The van der Waals surface area contributed by atoms with E-state index in [1.807, 2.05) is 32.0 Å². The van der Waals surface area contributed by atoms with Crippen molar-refractivity contribution in [2.45, 2.75) is 13.8 Å². The zero-order valence-corrected chi connectivity index (χ0v) is 9.15. The molecule has 0 saturated heterocycles. The monoisotopic (exact) mass is 216 g/mol. The average molecular weight is 216 g/mol. The summed E-state index contributed by atoms with van der Waals surface area (Å²) in [4.78, 5) is 11.7. The Morgan fingerprint density at radius 2 is 2.19 bits per heavy atom. The minimum Gasteiger partial charge on any atom is -0.364 e. The largest absolute Gasteiger partial charge is 0.364 e. The number of nitrogens with one attached hydrogen (secondary N) is 1. The number of carbonyl (C=O) groups excluding carboxylic acids is 1. The molecule has 2 aromatic rings. The van der Waals surface area contributed by atoms with Gasteiger partial charge in [0.25, 0.3) is 5.91 Å². The summed E-state index contributed by atoms with van der Waals surface area (Å²) in [5, 5.41) is 6.30. The average Bonchev–Trinajstić information content (AvgIpc) is 2.76. The van der Waals surface area contributed by atoms with Crippen LogP contribution in [0.4, 0.5) is 5.69 Å². The molecule has 2 rings (SSSR count). The van der Waals surface area contributed by atoms with Crippen molar-refractivity contribution in [1.29, 1.82) is 0 Å². The molecule has 0 aliphatic heterocycles. The number of aryl methyl sites for hydroxylation is 2. The second-order valence-corrected chi connectivity index (χ2v) is 3.69. The Bertz CT molecular complexity index is 504. The number of aromatic nitrogens is 1. The summed E-state index contributed by atoms with van der Waals surface area (Å²) in [5.41, 5.74) is 3.36. The Morgan fingerprint density at radius 1 is 1.38 bits per heavy atom. The van der Waals surface area contributed by atoms with Crippen molar-refractivity contribution in [3.8, 4) is 0 Å². The van der Waals surface area contributed by atoms with Crippen molar-refractivity contribution in [1.82, 2.24) is 5.16 Å². The molecule has 4 heteroatoms. The summed E-state index contributed by atoms with van der Waals surface area (Å²) in [6.45, 7) is 3.93. The van der Waals surface area contributed by atoms with Crippen LogP contribution < -0.4 is 5.32 Å². The fourth-order valence-corrected chi connectivity index (χ4v) is 1.38. The van der Waals surface area contributed by atoms with E-state index in [9.17, 15) is 4.79 Å². The van der Waals surface area contributed by atoms with Crippen LogP contribution in [0.3, 0.4) is 0 Å². The zero-order valence-electron chi connectivity index (χ0n) is 9.15. The first-order chi connectivity index (χ1) is 7.66. The quantitative estimate of drug-likeness (QED) is 0.839. The van der Waals surface area contributed by atoms with Gasteiger partial charge in [0.1, 0.15) is 6.26 Å². The van der Waals surface area contributed by atoms with Crippen LogP contribution in [0.25, 0.3) is 0 Å². The molecule has 0 aliphatic rings. The van der Waals surface area contributed by atoms with Gasteiger partial charge in [0.15, 0.2) is 0 Å². The number of benzene rings is 1. The predicted molar refractivity (Wildman–Crippen MR) is 60.4 cm³/mol. The van der Waals surface area contributed by atoms with Gasteiger partial charge in [-0.15, -0.1) is 0 Å². The number of rotatable bonds is 2. The molecular formula is C12H12N2O2. The number of carbonyl (C=O) groups is 1. The zero-order chi connectivity index (χ0) is 11.5. The Balaban J connectivity index is 2.21. The fourth-order valence-electron chi connectivity index (χ4n) is 1.38. The molecule has 0 fully saturated rings. The van der Waals surface area contributed by atoms with Crippen molar-refractivity contribution in [2.24, 2.45) is 0 Å². The molecule has 0 radical (unpaired) electrons. The highest BCUT2D eigenvalue weighted by Gasteiger charge is 2.09. The Hall–Kier alpha value is -2.10. The van der Waals surface area contributed by atoms with E-state index in [0.29, 0.717) is 5.56 Å². The maximum Gasteiger partial charge on any atom is 0.260 e. The van der Waals surface area contributed by atoms with Crippen LogP contribution in [0.5, 0.6) is 0 Å². The second kappa shape index (κ2) is 4.18. The Kier molecular flexibility index (Phi) is 2.72. The lowest BCUT2D eigenvalue weighted by Crippen LogP contribution is -2.11. The molecule has 0 bridgehead atoms. The predicted octanol–water partition coefficient (Wildman–Crippen LogP) is 2.54. The molecule has 1 amide bonds. The number of anilines is 1. The van der Waals surface area contributed by atoms with Crippen LogP contribution in [-0.4, -0.2) is 11.1 Å². The van der Waals surface area contributed by atoms with E-state index < -0.39 is 0 Å². The highest BCUT2D eigenvalue weighted by atomic mass is 16.5. The smallest absolute Gasteiger partial charge is 0.260 e. The van der Waals surface area contributed by atoms with Gasteiger partial charge in [-0.1, -0.05) is 17.3 Å². The molecule has 4 nitrogen and oxygen atoms in total. The van der Waals surface area contributed by atoms with Crippen molar-refractivity contribution in [2.75, 3.05) is 5.32 Å². The molecule has 0 saturated carbocycles. The SMILES string of the molecule is Cc1ccc(C)c(NC(=O)c2cnoc2)c1. The van der Waals surface area contributed by atoms with E-state index in [4.69, 9.17) is 0 Å². The molecule has 1 heterocycles. The van der Waals surface area contributed by atoms with Gasteiger partial charge in [0, 0.05) is 5.69 Å². The maximum absolute atomic E-state index is 11.7. The minimum absolute atomic E-state index is 0.213. The van der Waals surface area contributed by atoms with Crippen molar-refractivity contribution in [3.63, 3.8) is 0 Å². The van der Waals surface area contributed by atoms with E-state index in [1.54, 1.807) is 0 Å². The summed E-state index contributed by atoms with van der Waals surface area (Å²) < 4.78 is 4.62. The third kappa shape index (κ3) is 2.11. The van der Waals surface area contributed by atoms with E-state index in [1.165, 1.54) is 12.5 Å². The van der Waals surface area contributed by atoms with Gasteiger partial charge in [-0.05, 0) is 31.0 Å². The summed E-state index contributed by atoms with van der Waals surface area (Å²) in [7, 11) is 0. The van der Waals surface area contributed by atoms with Crippen LogP contribution in [0.2, 0.25) is 0 Å². The molecular weight excluding hydrogens is 204 g/mol. The fraction of sp³-hybridized carbons (Fsp3) is 0.167. The first-order valence-electron chi connectivity index (χ1n) is 4.95. The number of amides is 1. The molecule has 0 unspecified atom stereocenters. The molecule has 0 spiro atoms. The van der Waals surface area contributed by atoms with Gasteiger partial charge in [-0.25, -0.2) is 0 Å². The third-order valence-corrected chi connectivity index (χ3v) is 2.34. The minimum atomic E-state index is -0.213. The van der Waals surface area contributed by atoms with Gasteiger partial charge in [-0.2, -0.15) is 0 Å². The third-order valence-electron chi connectivity index (χ3n) is 2.34. The van der Waals surface area contributed by atoms with Crippen molar-refractivity contribution < 1.29 is 9.32 Å². The van der Waals surface area contributed by atoms with Crippen LogP contribution in [-0.2, 0) is 0 Å². The van der Waals surface area contributed by atoms with Crippen LogP contribution in [0.1, 0.15) is 21.5 Å². The van der Waals surface area contributed by atoms with Gasteiger partial charge in [0.2, 0.25) is 0 Å². The normalized spacial score (nSPS) is 10.1. The Morgan fingerprint density at radius 3 is 2.88 bits per heavy atom. The topological polar surface area (TPSA) is 55.1 Å². The van der Waals surface area contributed by atoms with E-state index in [2.05, 4.69) is 15.0 Å². The van der Waals surface area contributed by atoms with Crippen LogP contribution in [0, 0.1) is 13.8 Å². The van der Waals surface area contributed by atoms with Crippen molar-refractivity contribution >= 4 is 11.6 Å². The van der Waals surface area contributed by atoms with E-state index in [-0.39, 0.29) is 5.91 Å². The summed E-state index contributed by atoms with van der Waals surface area (Å²) >= 11 is 0. The summed E-state index contributed by atoms with van der Waals surface area (Å²) in [5.74, 6) is -0.213. The molecule has 16 heavy (non-hydrogen) atoms. The number of hydrogen-bond acceptors (Lipinski definition) is 3. The maximum atomic E-state index is 11.7. The molecule has 1 N–H and O–H groups in total. The lowest BCUT2D eigenvalue weighted by molar-refractivity contribution is 0.102. The van der Waals surface area contributed by atoms with Gasteiger partial charge in [-0.3, -0.25) is 4.79 Å². The highest BCUT2D eigenvalue weighted by Crippen LogP contribution is 2.17. The number of nitrogens with zero attached hydrogens (tertiary/aromatic N) is 1. The lowest BCUT2D eigenvalue weighted by Gasteiger charge is -2.07. The first-order valence-corrected chi connectivity index (χ1v) is 4.95.